The van der Waals surface area contributed by atoms with Gasteiger partial charge in [-0.15, -0.1) is 11.3 Å². The number of nitrogens with zero attached hydrogens (tertiary/aromatic N) is 1. The highest BCUT2D eigenvalue weighted by atomic mass is 32.1. The van der Waals surface area contributed by atoms with Crippen molar-refractivity contribution in [2.75, 3.05) is 19.6 Å². The van der Waals surface area contributed by atoms with Crippen LogP contribution >= 0.6 is 11.3 Å². The molecule has 4 heteroatoms. The van der Waals surface area contributed by atoms with Crippen molar-refractivity contribution in [1.82, 2.24) is 10.2 Å². The van der Waals surface area contributed by atoms with Crippen LogP contribution in [0.15, 0.2) is 17.5 Å². The molecule has 2 heterocycles. The number of likely N-dealkylation sites (tertiary alicyclic amines) is 1. The maximum atomic E-state index is 11.7. The van der Waals surface area contributed by atoms with E-state index < -0.39 is 0 Å². The van der Waals surface area contributed by atoms with Crippen LogP contribution in [0.1, 0.15) is 56.4 Å². The Labute approximate surface area is 126 Å². The molecule has 1 unspecified atom stereocenters. The lowest BCUT2D eigenvalue weighted by molar-refractivity contribution is -0.121. The fourth-order valence-electron chi connectivity index (χ4n) is 2.82. The Morgan fingerprint density at radius 1 is 1.35 bits per heavy atom. The van der Waals surface area contributed by atoms with E-state index in [9.17, 15) is 4.79 Å². The Hall–Kier alpha value is -0.870. The summed E-state index contributed by atoms with van der Waals surface area (Å²) in [5.74, 6) is 0.184. The average molecular weight is 294 g/mol. The van der Waals surface area contributed by atoms with Crippen molar-refractivity contribution < 1.29 is 4.79 Å². The highest BCUT2D eigenvalue weighted by Gasteiger charge is 2.22. The number of rotatable bonds is 6. The van der Waals surface area contributed by atoms with Gasteiger partial charge in [-0.2, -0.15) is 0 Å². The number of nitrogens with one attached hydrogen (secondary N) is 1. The Morgan fingerprint density at radius 2 is 2.10 bits per heavy atom. The highest BCUT2D eigenvalue weighted by molar-refractivity contribution is 7.10. The summed E-state index contributed by atoms with van der Waals surface area (Å²) in [4.78, 5) is 15.7. The molecule has 0 saturated carbocycles. The number of hydrogen-bond acceptors (Lipinski definition) is 3. The van der Waals surface area contributed by atoms with Gasteiger partial charge in [-0.05, 0) is 43.8 Å². The van der Waals surface area contributed by atoms with E-state index in [-0.39, 0.29) is 5.91 Å². The zero-order valence-electron chi connectivity index (χ0n) is 12.4. The van der Waals surface area contributed by atoms with Gasteiger partial charge < -0.3 is 5.32 Å². The highest BCUT2D eigenvalue weighted by Crippen LogP contribution is 2.27. The summed E-state index contributed by atoms with van der Waals surface area (Å²) in [6, 6.07) is 4.67. The van der Waals surface area contributed by atoms with Crippen molar-refractivity contribution in [3.8, 4) is 0 Å². The molecule has 1 fully saturated rings. The maximum Gasteiger partial charge on any atom is 0.220 e. The summed E-state index contributed by atoms with van der Waals surface area (Å²) >= 11 is 1.80. The molecule has 1 saturated heterocycles. The first-order chi connectivity index (χ1) is 9.81. The maximum absolute atomic E-state index is 11.7. The number of hydrogen-bond donors (Lipinski definition) is 1. The molecule has 20 heavy (non-hydrogen) atoms. The standard InChI is InChI=1S/C16H26N2OS/c1-2-8-16(19)17-13-14(15-9-7-12-20-15)18-10-5-3-4-6-11-18/h7,9,12,14H,2-6,8,10-11,13H2,1H3,(H,17,19). The Kier molecular flexibility index (Phi) is 6.54. The van der Waals surface area contributed by atoms with E-state index in [2.05, 4.69) is 27.7 Å². The largest absolute Gasteiger partial charge is 0.354 e. The van der Waals surface area contributed by atoms with Gasteiger partial charge in [-0.3, -0.25) is 9.69 Å². The lowest BCUT2D eigenvalue weighted by Crippen LogP contribution is -2.38. The quantitative estimate of drug-likeness (QED) is 0.869. The van der Waals surface area contributed by atoms with Gasteiger partial charge in [0.1, 0.15) is 0 Å². The minimum atomic E-state index is 0.184. The SMILES string of the molecule is CCCC(=O)NCC(c1cccs1)N1CCCCCC1. The molecule has 1 aliphatic rings. The Balaban J connectivity index is 1.98. The van der Waals surface area contributed by atoms with Gasteiger partial charge in [0.25, 0.3) is 0 Å². The molecule has 1 N–H and O–H groups in total. The van der Waals surface area contributed by atoms with Gasteiger partial charge in [0.2, 0.25) is 5.91 Å². The zero-order chi connectivity index (χ0) is 14.2. The van der Waals surface area contributed by atoms with Crippen LogP contribution in [0.3, 0.4) is 0 Å². The van der Waals surface area contributed by atoms with E-state index in [1.54, 1.807) is 11.3 Å². The topological polar surface area (TPSA) is 32.3 Å². The first kappa shape index (κ1) is 15.5. The smallest absolute Gasteiger partial charge is 0.220 e. The van der Waals surface area contributed by atoms with Crippen molar-refractivity contribution in [3.63, 3.8) is 0 Å². The van der Waals surface area contributed by atoms with Crippen LogP contribution in [0, 0.1) is 0 Å². The van der Waals surface area contributed by atoms with Gasteiger partial charge in [-0.25, -0.2) is 0 Å². The first-order valence-electron chi connectivity index (χ1n) is 7.85. The fraction of sp³-hybridized carbons (Fsp3) is 0.688. The molecule has 0 aliphatic carbocycles. The van der Waals surface area contributed by atoms with Crippen LogP contribution in [-0.4, -0.2) is 30.4 Å². The van der Waals surface area contributed by atoms with Gasteiger partial charge >= 0.3 is 0 Å². The second-order valence-electron chi connectivity index (χ2n) is 5.54. The van der Waals surface area contributed by atoms with Crippen LogP contribution in [0.4, 0.5) is 0 Å². The van der Waals surface area contributed by atoms with E-state index in [1.807, 2.05) is 6.92 Å². The van der Waals surface area contributed by atoms with Crippen molar-refractivity contribution >= 4 is 17.2 Å². The van der Waals surface area contributed by atoms with Crippen LogP contribution in [0.2, 0.25) is 0 Å². The predicted octanol–water partition coefficient (Wildman–Crippen LogP) is 3.58. The minimum Gasteiger partial charge on any atom is -0.354 e. The second kappa shape index (κ2) is 8.42. The van der Waals surface area contributed by atoms with Gasteiger partial charge in [-0.1, -0.05) is 25.8 Å². The molecular weight excluding hydrogens is 268 g/mol. The van der Waals surface area contributed by atoms with Crippen molar-refractivity contribution in [2.45, 2.75) is 51.5 Å². The number of carbonyl (C=O) groups excluding carboxylic acids is 1. The van der Waals surface area contributed by atoms with Crippen LogP contribution in [0.5, 0.6) is 0 Å². The molecular formula is C16H26N2OS. The van der Waals surface area contributed by atoms with Gasteiger partial charge in [0.15, 0.2) is 0 Å². The Bertz CT molecular complexity index is 383. The van der Waals surface area contributed by atoms with Crippen LogP contribution in [-0.2, 0) is 4.79 Å². The summed E-state index contributed by atoms with van der Waals surface area (Å²) in [6.07, 6.45) is 6.80. The van der Waals surface area contributed by atoms with Gasteiger partial charge in [0, 0.05) is 17.8 Å². The van der Waals surface area contributed by atoms with Crippen molar-refractivity contribution in [3.05, 3.63) is 22.4 Å². The van der Waals surface area contributed by atoms with Gasteiger partial charge in [0.05, 0.1) is 6.04 Å². The summed E-state index contributed by atoms with van der Waals surface area (Å²) in [5, 5.41) is 5.25. The third-order valence-corrected chi connectivity index (χ3v) is 4.90. The first-order valence-corrected chi connectivity index (χ1v) is 8.73. The molecule has 0 aromatic carbocycles. The molecule has 0 radical (unpaired) electrons. The van der Waals surface area contributed by atoms with Crippen LogP contribution < -0.4 is 5.32 Å². The van der Waals surface area contributed by atoms with E-state index in [1.165, 1.54) is 30.6 Å². The monoisotopic (exact) mass is 294 g/mol. The molecule has 1 aromatic rings. The third kappa shape index (κ3) is 4.60. The molecule has 1 aliphatic heterocycles. The number of carbonyl (C=O) groups is 1. The summed E-state index contributed by atoms with van der Waals surface area (Å²) in [7, 11) is 0. The number of amides is 1. The van der Waals surface area contributed by atoms with E-state index in [4.69, 9.17) is 0 Å². The molecule has 112 valence electrons. The molecule has 0 spiro atoms. The lowest BCUT2D eigenvalue weighted by Gasteiger charge is -2.30. The second-order valence-corrected chi connectivity index (χ2v) is 6.51. The molecule has 2 rings (SSSR count). The Morgan fingerprint density at radius 3 is 2.70 bits per heavy atom. The third-order valence-electron chi connectivity index (χ3n) is 3.92. The predicted molar refractivity (Wildman–Crippen MR) is 85.0 cm³/mol. The lowest BCUT2D eigenvalue weighted by atomic mass is 10.2. The van der Waals surface area contributed by atoms with Crippen LogP contribution in [0.25, 0.3) is 0 Å². The molecule has 1 amide bonds. The molecule has 1 aromatic heterocycles. The van der Waals surface area contributed by atoms with E-state index in [0.717, 1.165) is 26.1 Å². The number of thiophene rings is 1. The van der Waals surface area contributed by atoms with Crippen molar-refractivity contribution in [1.29, 1.82) is 0 Å². The zero-order valence-corrected chi connectivity index (χ0v) is 13.3. The molecule has 0 bridgehead atoms. The summed E-state index contributed by atoms with van der Waals surface area (Å²) in [5.41, 5.74) is 0. The van der Waals surface area contributed by atoms with E-state index in [0.29, 0.717) is 12.5 Å². The summed E-state index contributed by atoms with van der Waals surface area (Å²) < 4.78 is 0. The molecule has 1 atom stereocenters. The van der Waals surface area contributed by atoms with E-state index >= 15 is 0 Å². The fourth-order valence-corrected chi connectivity index (χ4v) is 3.68. The molecule has 3 nitrogen and oxygen atoms in total. The minimum absolute atomic E-state index is 0.184. The summed E-state index contributed by atoms with van der Waals surface area (Å²) in [6.45, 7) is 5.11. The average Bonchev–Trinajstić information content (AvgIpc) is 2.83. The van der Waals surface area contributed by atoms with Crippen molar-refractivity contribution in [2.24, 2.45) is 0 Å². The normalized spacial score (nSPS) is 18.4.